The minimum Gasteiger partial charge on any atom is -0.383 e. The number of amides is 1. The number of aromatic nitrogens is 3. The fraction of sp³-hybridized carbons (Fsp3) is 0.0476. The largest absolute Gasteiger partial charge is 0.383 e. The predicted octanol–water partition coefficient (Wildman–Crippen LogP) is 4.03. The van der Waals surface area contributed by atoms with E-state index in [1.165, 1.54) is 17.7 Å². The van der Waals surface area contributed by atoms with Gasteiger partial charge in [-0.3, -0.25) is 4.79 Å². The van der Waals surface area contributed by atoms with Gasteiger partial charge >= 0.3 is 0 Å². The lowest BCUT2D eigenvalue weighted by Gasteiger charge is -2.07. The van der Waals surface area contributed by atoms with Gasteiger partial charge in [-0.05, 0) is 17.7 Å². The molecule has 0 aliphatic rings. The second-order valence-corrected chi connectivity index (χ2v) is 7.01. The standard InChI is InChI=1S/C21H17N5OS/c22-20-17(11-23-13-24-20)21-26-18(12-28-21)15-7-4-8-16(10-15)25-19(27)9-14-5-2-1-3-6-14/h1-8,10-13H,9H2,(H,25,27)(H2,22,23,24). The van der Waals surface area contributed by atoms with E-state index in [0.29, 0.717) is 17.8 Å². The molecule has 1 amide bonds. The first-order valence-electron chi connectivity index (χ1n) is 8.64. The first kappa shape index (κ1) is 17.8. The Hall–Kier alpha value is -3.58. The maximum atomic E-state index is 12.3. The third-order valence-electron chi connectivity index (χ3n) is 4.13. The molecule has 0 fully saturated rings. The molecule has 0 radical (unpaired) electrons. The number of nitrogen functional groups attached to an aromatic ring is 1. The summed E-state index contributed by atoms with van der Waals surface area (Å²) in [5.74, 6) is 0.342. The number of hydrogen-bond acceptors (Lipinski definition) is 6. The highest BCUT2D eigenvalue weighted by Gasteiger charge is 2.11. The Morgan fingerprint density at radius 3 is 2.79 bits per heavy atom. The summed E-state index contributed by atoms with van der Waals surface area (Å²) in [7, 11) is 0. The molecule has 138 valence electrons. The molecule has 4 rings (SSSR count). The van der Waals surface area contributed by atoms with Crippen molar-refractivity contribution in [3.63, 3.8) is 0 Å². The maximum absolute atomic E-state index is 12.3. The van der Waals surface area contributed by atoms with Crippen LogP contribution >= 0.6 is 11.3 Å². The van der Waals surface area contributed by atoms with Crippen LogP contribution in [0.25, 0.3) is 21.8 Å². The fourth-order valence-electron chi connectivity index (χ4n) is 2.78. The molecular weight excluding hydrogens is 370 g/mol. The van der Waals surface area contributed by atoms with E-state index in [1.807, 2.05) is 60.0 Å². The molecule has 0 aliphatic heterocycles. The van der Waals surface area contributed by atoms with Gasteiger partial charge in [0.05, 0.1) is 17.7 Å². The highest BCUT2D eigenvalue weighted by molar-refractivity contribution is 7.13. The van der Waals surface area contributed by atoms with Crippen LogP contribution in [0.5, 0.6) is 0 Å². The van der Waals surface area contributed by atoms with Gasteiger partial charge in [-0.2, -0.15) is 0 Å². The van der Waals surface area contributed by atoms with Crippen LogP contribution in [0, 0.1) is 0 Å². The number of nitrogens with zero attached hydrogens (tertiary/aromatic N) is 3. The minimum absolute atomic E-state index is 0.0588. The van der Waals surface area contributed by atoms with Crippen molar-refractivity contribution in [3.8, 4) is 21.8 Å². The summed E-state index contributed by atoms with van der Waals surface area (Å²) in [6.07, 6.45) is 3.40. The summed E-state index contributed by atoms with van der Waals surface area (Å²) in [6, 6.07) is 17.3. The van der Waals surface area contributed by atoms with Gasteiger partial charge < -0.3 is 11.1 Å². The average molecular weight is 387 g/mol. The van der Waals surface area contributed by atoms with E-state index in [-0.39, 0.29) is 5.91 Å². The zero-order valence-corrected chi connectivity index (χ0v) is 15.7. The van der Waals surface area contributed by atoms with Crippen molar-refractivity contribution in [1.82, 2.24) is 15.0 Å². The van der Waals surface area contributed by atoms with Crippen LogP contribution in [0.15, 0.2) is 72.5 Å². The van der Waals surface area contributed by atoms with E-state index in [1.54, 1.807) is 6.20 Å². The molecule has 7 heteroatoms. The molecular formula is C21H17N5OS. The summed E-state index contributed by atoms with van der Waals surface area (Å²) in [5, 5.41) is 5.65. The smallest absolute Gasteiger partial charge is 0.228 e. The highest BCUT2D eigenvalue weighted by atomic mass is 32.1. The topological polar surface area (TPSA) is 93.8 Å². The fourth-order valence-corrected chi connectivity index (χ4v) is 3.62. The second kappa shape index (κ2) is 7.98. The average Bonchev–Trinajstić information content (AvgIpc) is 3.19. The molecule has 0 aliphatic carbocycles. The number of benzene rings is 2. The summed E-state index contributed by atoms with van der Waals surface area (Å²) in [6.45, 7) is 0. The molecule has 0 unspecified atom stereocenters. The van der Waals surface area contributed by atoms with E-state index in [0.717, 1.165) is 27.5 Å². The zero-order valence-electron chi connectivity index (χ0n) is 14.9. The van der Waals surface area contributed by atoms with Gasteiger partial charge in [0.2, 0.25) is 5.91 Å². The van der Waals surface area contributed by atoms with Gasteiger partial charge in [-0.1, -0.05) is 42.5 Å². The highest BCUT2D eigenvalue weighted by Crippen LogP contribution is 2.31. The molecule has 0 saturated heterocycles. The lowest BCUT2D eigenvalue weighted by atomic mass is 10.1. The SMILES string of the molecule is Nc1ncncc1-c1nc(-c2cccc(NC(=O)Cc3ccccc3)c2)cs1. The number of hydrogen-bond donors (Lipinski definition) is 2. The van der Waals surface area contributed by atoms with E-state index < -0.39 is 0 Å². The first-order valence-corrected chi connectivity index (χ1v) is 9.52. The van der Waals surface area contributed by atoms with Gasteiger partial charge in [0.1, 0.15) is 17.2 Å². The zero-order chi connectivity index (χ0) is 19.3. The lowest BCUT2D eigenvalue weighted by molar-refractivity contribution is -0.115. The summed E-state index contributed by atoms with van der Waals surface area (Å²) >= 11 is 1.47. The van der Waals surface area contributed by atoms with Gasteiger partial charge in [-0.15, -0.1) is 11.3 Å². The maximum Gasteiger partial charge on any atom is 0.228 e. The Morgan fingerprint density at radius 1 is 1.11 bits per heavy atom. The number of carbonyl (C=O) groups excluding carboxylic acids is 1. The van der Waals surface area contributed by atoms with Crippen LogP contribution in [-0.2, 0) is 11.2 Å². The van der Waals surface area contributed by atoms with Gasteiger partial charge in [0, 0.05) is 22.8 Å². The molecule has 6 nitrogen and oxygen atoms in total. The second-order valence-electron chi connectivity index (χ2n) is 6.15. The number of carbonyl (C=O) groups is 1. The molecule has 0 atom stereocenters. The quantitative estimate of drug-likeness (QED) is 0.539. The molecule has 3 N–H and O–H groups in total. The number of anilines is 2. The molecule has 0 bridgehead atoms. The number of nitrogens with two attached hydrogens (primary N) is 1. The van der Waals surface area contributed by atoms with E-state index in [4.69, 9.17) is 5.73 Å². The van der Waals surface area contributed by atoms with E-state index >= 15 is 0 Å². The van der Waals surface area contributed by atoms with Crippen LogP contribution in [0.1, 0.15) is 5.56 Å². The normalized spacial score (nSPS) is 10.6. The van der Waals surface area contributed by atoms with Gasteiger partial charge in [0.15, 0.2) is 0 Å². The first-order chi connectivity index (χ1) is 13.7. The molecule has 28 heavy (non-hydrogen) atoms. The van der Waals surface area contributed by atoms with Crippen LogP contribution in [0.4, 0.5) is 11.5 Å². The molecule has 2 heterocycles. The summed E-state index contributed by atoms with van der Waals surface area (Å²) < 4.78 is 0. The van der Waals surface area contributed by atoms with E-state index in [2.05, 4.69) is 20.3 Å². The minimum atomic E-state index is -0.0588. The predicted molar refractivity (Wildman–Crippen MR) is 112 cm³/mol. The number of nitrogens with one attached hydrogen (secondary N) is 1. The van der Waals surface area contributed by atoms with E-state index in [9.17, 15) is 4.79 Å². The molecule has 2 aromatic carbocycles. The number of thiazole rings is 1. The van der Waals surface area contributed by atoms with Crippen molar-refractivity contribution in [2.24, 2.45) is 0 Å². The Morgan fingerprint density at radius 2 is 1.96 bits per heavy atom. The van der Waals surface area contributed by atoms with Crippen LogP contribution in [-0.4, -0.2) is 20.9 Å². The molecule has 0 saturated carbocycles. The van der Waals surface area contributed by atoms with Crippen LogP contribution < -0.4 is 11.1 Å². The summed E-state index contributed by atoms with van der Waals surface area (Å²) in [5.41, 5.74) is 10.1. The Bertz CT molecular complexity index is 1110. The lowest BCUT2D eigenvalue weighted by Crippen LogP contribution is -2.14. The molecule has 0 spiro atoms. The van der Waals surface area contributed by atoms with Crippen molar-refractivity contribution in [1.29, 1.82) is 0 Å². The van der Waals surface area contributed by atoms with Crippen molar-refractivity contribution >= 4 is 28.7 Å². The number of rotatable bonds is 5. The van der Waals surface area contributed by atoms with Crippen molar-refractivity contribution < 1.29 is 4.79 Å². The molecule has 4 aromatic rings. The monoisotopic (exact) mass is 387 g/mol. The summed E-state index contributed by atoms with van der Waals surface area (Å²) in [4.78, 5) is 25.0. The van der Waals surface area contributed by atoms with Crippen molar-refractivity contribution in [2.45, 2.75) is 6.42 Å². The third-order valence-corrected chi connectivity index (χ3v) is 5.00. The Balaban J connectivity index is 1.51. The van der Waals surface area contributed by atoms with Gasteiger partial charge in [0.25, 0.3) is 0 Å². The van der Waals surface area contributed by atoms with Crippen molar-refractivity contribution in [3.05, 3.63) is 78.1 Å². The third kappa shape index (κ3) is 4.05. The van der Waals surface area contributed by atoms with Crippen LogP contribution in [0.2, 0.25) is 0 Å². The Kier molecular flexibility index (Phi) is 5.07. The van der Waals surface area contributed by atoms with Gasteiger partial charge in [-0.25, -0.2) is 15.0 Å². The molecule has 2 aromatic heterocycles. The van der Waals surface area contributed by atoms with Crippen molar-refractivity contribution in [2.75, 3.05) is 11.1 Å². The van der Waals surface area contributed by atoms with Crippen LogP contribution in [0.3, 0.4) is 0 Å². The Labute approximate surface area is 166 Å².